The van der Waals surface area contributed by atoms with Gasteiger partial charge in [0, 0.05) is 5.56 Å². The number of nitrogens with zero attached hydrogens (tertiary/aromatic N) is 2. The molecule has 0 radical (unpaired) electrons. The largest absolute Gasteiger partial charge is 2.00 e. The Labute approximate surface area is 278 Å². The molecule has 3 aromatic carbocycles. The minimum Gasteiger partial charge on any atom is -0.876 e. The molecule has 4 nitrogen and oxygen atoms in total. The van der Waals surface area contributed by atoms with Gasteiger partial charge in [0.15, 0.2) is 11.7 Å². The van der Waals surface area contributed by atoms with Gasteiger partial charge in [-0.15, -0.1) is 30.1 Å². The molecule has 0 bridgehead atoms. The summed E-state index contributed by atoms with van der Waals surface area (Å²) in [6, 6.07) is 26.3. The number of hydrogen-bond donors (Lipinski definition) is 0. The first-order valence-electron chi connectivity index (χ1n) is 14.3. The average molecular weight is 610 g/mol. The Kier molecular flexibility index (Phi) is 13.9. The summed E-state index contributed by atoms with van der Waals surface area (Å²) in [7, 11) is 0. The van der Waals surface area contributed by atoms with E-state index in [1.54, 1.807) is 0 Å². The molecular formula is C35H42N2O2Sr. The third-order valence-electron chi connectivity index (χ3n) is 6.79. The molecule has 1 unspecified atom stereocenters. The Morgan fingerprint density at radius 3 is 2.12 bits per heavy atom. The number of hydrogen-bond acceptors (Lipinski definition) is 3. The number of aromatic nitrogens is 2. The molecule has 6 rings (SSSR count). The molecule has 2 aliphatic rings. The quantitative estimate of drug-likeness (QED) is 0.114. The Morgan fingerprint density at radius 2 is 1.57 bits per heavy atom. The fraction of sp³-hybridized carbons (Fsp3) is 0.343. The summed E-state index contributed by atoms with van der Waals surface area (Å²) >= 11 is 0. The minimum absolute atomic E-state index is 0. The van der Waals surface area contributed by atoms with Crippen molar-refractivity contribution in [3.05, 3.63) is 102 Å². The van der Waals surface area contributed by atoms with Crippen LogP contribution in [0.15, 0.2) is 84.6 Å². The molecule has 0 fully saturated rings. The first-order valence-corrected chi connectivity index (χ1v) is 14.3. The molecule has 40 heavy (non-hydrogen) atoms. The van der Waals surface area contributed by atoms with Gasteiger partial charge in [0.25, 0.3) is 0 Å². The summed E-state index contributed by atoms with van der Waals surface area (Å²) in [6.45, 7) is 13.4. The van der Waals surface area contributed by atoms with Crippen molar-refractivity contribution in [1.29, 1.82) is 0 Å². The molecule has 0 aliphatic carbocycles. The summed E-state index contributed by atoms with van der Waals surface area (Å²) in [5, 5.41) is 20.1. The van der Waals surface area contributed by atoms with Gasteiger partial charge in [0.2, 0.25) is 5.52 Å². The zero-order valence-corrected chi connectivity index (χ0v) is 28.7. The first kappa shape index (κ1) is 34.1. The molecule has 2 atom stereocenters. The van der Waals surface area contributed by atoms with E-state index in [-0.39, 0.29) is 51.2 Å². The van der Waals surface area contributed by atoms with Crippen LogP contribution in [0.5, 0.6) is 0 Å². The second-order valence-electron chi connectivity index (χ2n) is 9.57. The second-order valence-corrected chi connectivity index (χ2v) is 9.57. The molecule has 0 N–H and O–H groups in total. The first-order chi connectivity index (χ1) is 18.9. The van der Waals surface area contributed by atoms with Crippen LogP contribution in [0.25, 0.3) is 33.5 Å². The van der Waals surface area contributed by atoms with E-state index >= 15 is 0 Å². The van der Waals surface area contributed by atoms with Crippen molar-refractivity contribution in [3.63, 3.8) is 0 Å². The Morgan fingerprint density at radius 1 is 0.950 bits per heavy atom. The minimum atomic E-state index is -0.850. The van der Waals surface area contributed by atoms with Crippen LogP contribution in [0.4, 0.5) is 0 Å². The Balaban J connectivity index is 0.000000342. The van der Waals surface area contributed by atoms with Gasteiger partial charge in [-0.25, -0.2) is 4.98 Å². The smallest absolute Gasteiger partial charge is 0.876 e. The topological polar surface area (TPSA) is 62.9 Å². The maximum atomic E-state index is 10.1. The van der Waals surface area contributed by atoms with Crippen LogP contribution >= 0.6 is 0 Å². The summed E-state index contributed by atoms with van der Waals surface area (Å²) in [6.07, 6.45) is 3.99. The third kappa shape index (κ3) is 7.18. The van der Waals surface area contributed by atoms with Gasteiger partial charge in [-0.2, -0.15) is 16.2 Å². The van der Waals surface area contributed by atoms with Crippen molar-refractivity contribution >= 4 is 56.5 Å². The summed E-state index contributed by atoms with van der Waals surface area (Å²) in [4.78, 5) is 5.11. The maximum Gasteiger partial charge on any atom is 2.00 e. The standard InChI is InChI=1S/C24H18N2.C5H9O2.C4H10.C2H6.Sr/c1-2-16-17-11-6-7-12-18(17)24-21(15-9-4-3-5-10-15)25-20-14-8-13-19-22(16)26(24)23(19)20;1-4(6)3-5(2)7;1-3-4-2;1-2;/h3-14,22H,2H2,1H3;3-4,7H,1-2H3;3-4H2,1-2H3;1-2H3;/q;-1;;;+2/p-1/b;5-3-;;;/t22-;;;;/m0..../s1. The van der Waals surface area contributed by atoms with E-state index in [0.717, 1.165) is 23.7 Å². The van der Waals surface area contributed by atoms with Crippen molar-refractivity contribution in [3.8, 4) is 22.5 Å². The van der Waals surface area contributed by atoms with E-state index in [1.807, 2.05) is 13.8 Å². The Bertz CT molecular complexity index is 1390. The van der Waals surface area contributed by atoms with Crippen molar-refractivity contribution in [1.82, 2.24) is 4.98 Å². The van der Waals surface area contributed by atoms with E-state index < -0.39 is 6.10 Å². The number of allylic oxidation sites excluding steroid dienone is 1. The van der Waals surface area contributed by atoms with Gasteiger partial charge in [-0.05, 0) is 12.1 Å². The monoisotopic (exact) mass is 610 g/mol. The number of benzene rings is 3. The molecule has 0 amide bonds. The van der Waals surface area contributed by atoms with Gasteiger partial charge in [-0.3, -0.25) is 0 Å². The van der Waals surface area contributed by atoms with Crippen molar-refractivity contribution in [2.45, 2.75) is 79.9 Å². The van der Waals surface area contributed by atoms with E-state index in [4.69, 9.17) is 4.98 Å². The maximum absolute atomic E-state index is 10.1. The van der Waals surface area contributed by atoms with Crippen LogP contribution in [-0.4, -0.2) is 56.6 Å². The number of para-hydroxylation sites is 1. The molecule has 0 saturated heterocycles. The normalized spacial score (nSPS) is 14.4. The molecule has 5 heteroatoms. The molecule has 1 aromatic heterocycles. The summed E-state index contributed by atoms with van der Waals surface area (Å²) < 4.78 is 2.53. The summed E-state index contributed by atoms with van der Waals surface area (Å²) in [5.41, 5.74) is 10.0. The molecule has 4 aromatic rings. The molecule has 206 valence electrons. The average Bonchev–Trinajstić information content (AvgIpc) is 2.96. The van der Waals surface area contributed by atoms with Crippen LogP contribution < -0.4 is 14.8 Å². The van der Waals surface area contributed by atoms with E-state index in [9.17, 15) is 10.2 Å². The zero-order chi connectivity index (χ0) is 28.5. The summed E-state index contributed by atoms with van der Waals surface area (Å²) in [5.74, 6) is 1.37. The number of fused-ring (bicyclic) bond motifs is 3. The van der Waals surface area contributed by atoms with E-state index in [2.05, 4.69) is 98.1 Å². The van der Waals surface area contributed by atoms with Crippen LogP contribution in [0.3, 0.4) is 0 Å². The Hall–Kier alpha value is -2.15. The third-order valence-corrected chi connectivity index (χ3v) is 6.79. The van der Waals surface area contributed by atoms with Gasteiger partial charge >= 0.3 is 45.5 Å². The van der Waals surface area contributed by atoms with Gasteiger partial charge in [0.05, 0.1) is 5.56 Å². The predicted octanol–water partition coefficient (Wildman–Crippen LogP) is 6.56. The number of rotatable bonds is 4. The van der Waals surface area contributed by atoms with Crippen molar-refractivity contribution in [2.24, 2.45) is 0 Å². The van der Waals surface area contributed by atoms with Crippen molar-refractivity contribution < 1.29 is 14.8 Å². The molecular weight excluding hydrogens is 568 g/mol. The van der Waals surface area contributed by atoms with Gasteiger partial charge in [-0.1, -0.05) is 122 Å². The SMILES string of the molecule is C/C([O-])=C/C(C)[O-].CC.CCCC.CC[C-]1c2ccccc2-c2c(-c3ccccc3)nc3cccc4c3[n+]2[C@H]41.[Sr+2]. The fourth-order valence-electron chi connectivity index (χ4n) is 5.08. The molecule has 0 saturated carbocycles. The van der Waals surface area contributed by atoms with Gasteiger partial charge in [0.1, 0.15) is 11.2 Å². The van der Waals surface area contributed by atoms with E-state index in [1.165, 1.54) is 66.1 Å². The predicted molar refractivity (Wildman–Crippen MR) is 164 cm³/mol. The molecule has 0 spiro atoms. The van der Waals surface area contributed by atoms with Gasteiger partial charge < -0.3 is 10.2 Å². The van der Waals surface area contributed by atoms with Crippen LogP contribution in [0, 0.1) is 5.92 Å². The molecule has 2 aliphatic heterocycles. The van der Waals surface area contributed by atoms with Crippen LogP contribution in [0.2, 0.25) is 0 Å². The second kappa shape index (κ2) is 16.3. The fourth-order valence-corrected chi connectivity index (χ4v) is 5.08. The van der Waals surface area contributed by atoms with Crippen LogP contribution in [-0.2, 0) is 0 Å². The number of unbranched alkanes of at least 4 members (excludes halogenated alkanes) is 1. The zero-order valence-electron chi connectivity index (χ0n) is 25.2. The molecule has 3 heterocycles. The van der Waals surface area contributed by atoms with Crippen molar-refractivity contribution in [2.75, 3.05) is 0 Å². The van der Waals surface area contributed by atoms with E-state index in [0.29, 0.717) is 6.04 Å². The van der Waals surface area contributed by atoms with Crippen LogP contribution in [0.1, 0.15) is 84.9 Å².